The number of rotatable bonds is 7. The van der Waals surface area contributed by atoms with E-state index in [9.17, 15) is 9.90 Å². The molecule has 0 aliphatic carbocycles. The summed E-state index contributed by atoms with van der Waals surface area (Å²) in [7, 11) is 3.53. The maximum Gasteiger partial charge on any atom is 0.289 e. The summed E-state index contributed by atoms with van der Waals surface area (Å²) >= 11 is 0. The SMILES string of the molecule is COc1ccc2c(C)c(C(=O)N3C[C@@H](CN(C)CCO)[C@@H](CO)C3)oc2c1. The molecule has 1 aromatic carbocycles. The lowest BCUT2D eigenvalue weighted by Gasteiger charge is -2.22. The average Bonchev–Trinajstić information content (AvgIpc) is 3.22. The highest BCUT2D eigenvalue weighted by Crippen LogP contribution is 2.31. The minimum atomic E-state index is -0.145. The second-order valence-corrected chi connectivity index (χ2v) is 7.32. The van der Waals surface area contributed by atoms with Gasteiger partial charge in [-0.3, -0.25) is 4.79 Å². The zero-order valence-corrected chi connectivity index (χ0v) is 16.1. The topological polar surface area (TPSA) is 86.4 Å². The molecule has 2 heterocycles. The number of furan rings is 1. The van der Waals surface area contributed by atoms with Crippen LogP contribution in [-0.4, -0.2) is 79.5 Å². The third-order valence-electron chi connectivity index (χ3n) is 5.47. The number of benzene rings is 1. The standard InChI is InChI=1S/C20H28N2O5/c1-13-17-5-4-16(26-3)8-18(17)27-19(13)20(25)22-10-14(15(11-22)12-24)9-21(2)6-7-23/h4-5,8,14-15,23-24H,6-7,9-12H2,1-3H3/t14-,15-/m1/s1. The summed E-state index contributed by atoms with van der Waals surface area (Å²) in [6.45, 7) is 4.40. The first-order valence-corrected chi connectivity index (χ1v) is 9.25. The molecule has 148 valence electrons. The van der Waals surface area contributed by atoms with Crippen LogP contribution in [0.15, 0.2) is 22.6 Å². The number of amides is 1. The second-order valence-electron chi connectivity index (χ2n) is 7.32. The lowest BCUT2D eigenvalue weighted by atomic mass is 9.96. The Labute approximate surface area is 159 Å². The molecule has 2 aromatic rings. The normalized spacial score (nSPS) is 20.0. The van der Waals surface area contributed by atoms with Crippen LogP contribution in [0.1, 0.15) is 16.1 Å². The molecule has 1 aliphatic rings. The van der Waals surface area contributed by atoms with E-state index in [2.05, 4.69) is 0 Å². The Morgan fingerprint density at radius 2 is 2.07 bits per heavy atom. The summed E-state index contributed by atoms with van der Waals surface area (Å²) in [4.78, 5) is 16.9. The largest absolute Gasteiger partial charge is 0.497 e. The van der Waals surface area contributed by atoms with Crippen LogP contribution in [0.5, 0.6) is 5.75 Å². The van der Waals surface area contributed by atoms with Crippen molar-refractivity contribution in [1.29, 1.82) is 0 Å². The quantitative estimate of drug-likeness (QED) is 0.759. The molecule has 7 nitrogen and oxygen atoms in total. The van der Waals surface area contributed by atoms with Crippen LogP contribution in [-0.2, 0) is 0 Å². The summed E-state index contributed by atoms with van der Waals surface area (Å²) in [6, 6.07) is 5.53. The van der Waals surface area contributed by atoms with Gasteiger partial charge >= 0.3 is 0 Å². The first kappa shape index (κ1) is 19.7. The van der Waals surface area contributed by atoms with E-state index < -0.39 is 0 Å². The highest BCUT2D eigenvalue weighted by molar-refractivity contribution is 5.99. The number of fused-ring (bicyclic) bond motifs is 1. The Kier molecular flexibility index (Phi) is 6.04. The molecule has 3 rings (SSSR count). The Hall–Kier alpha value is -2.09. The van der Waals surface area contributed by atoms with Gasteiger partial charge in [0.15, 0.2) is 5.76 Å². The van der Waals surface area contributed by atoms with Crippen LogP contribution in [0, 0.1) is 18.8 Å². The first-order valence-electron chi connectivity index (χ1n) is 9.25. The van der Waals surface area contributed by atoms with Crippen molar-refractivity contribution in [3.63, 3.8) is 0 Å². The van der Waals surface area contributed by atoms with E-state index in [1.807, 2.05) is 31.0 Å². The van der Waals surface area contributed by atoms with Crippen molar-refractivity contribution in [2.45, 2.75) is 6.92 Å². The van der Waals surface area contributed by atoms with Gasteiger partial charge in [-0.15, -0.1) is 0 Å². The molecule has 0 unspecified atom stereocenters. The predicted molar refractivity (Wildman–Crippen MR) is 102 cm³/mol. The van der Waals surface area contributed by atoms with Crippen molar-refractivity contribution >= 4 is 16.9 Å². The number of aliphatic hydroxyl groups is 2. The number of methoxy groups -OCH3 is 1. The molecule has 0 saturated carbocycles. The van der Waals surface area contributed by atoms with Gasteiger partial charge in [0.05, 0.1) is 13.7 Å². The van der Waals surface area contributed by atoms with Crippen molar-refractivity contribution in [2.75, 3.05) is 53.6 Å². The Bertz CT molecular complexity index is 803. The van der Waals surface area contributed by atoms with E-state index in [0.717, 1.165) is 17.5 Å². The van der Waals surface area contributed by atoms with E-state index in [0.29, 0.717) is 36.7 Å². The van der Waals surface area contributed by atoms with E-state index in [1.54, 1.807) is 18.1 Å². The number of aliphatic hydroxyl groups excluding tert-OH is 2. The maximum atomic E-state index is 13.1. The van der Waals surface area contributed by atoms with E-state index >= 15 is 0 Å². The summed E-state index contributed by atoms with van der Waals surface area (Å²) < 4.78 is 11.1. The number of hydrogen-bond acceptors (Lipinski definition) is 6. The number of aryl methyl sites for hydroxylation is 1. The summed E-state index contributed by atoms with van der Waals surface area (Å²) in [5.74, 6) is 1.08. The molecular weight excluding hydrogens is 348 g/mol. The van der Waals surface area contributed by atoms with Gasteiger partial charge in [0.25, 0.3) is 5.91 Å². The Balaban J connectivity index is 1.79. The molecule has 2 N–H and O–H groups in total. The molecular formula is C20H28N2O5. The van der Waals surface area contributed by atoms with Gasteiger partial charge in [0.1, 0.15) is 11.3 Å². The molecule has 0 bridgehead atoms. The van der Waals surface area contributed by atoms with Crippen LogP contribution in [0.3, 0.4) is 0 Å². The van der Waals surface area contributed by atoms with Crippen LogP contribution in [0.4, 0.5) is 0 Å². The fourth-order valence-corrected chi connectivity index (χ4v) is 3.86. The summed E-state index contributed by atoms with van der Waals surface area (Å²) in [5, 5.41) is 19.7. The number of ether oxygens (including phenoxy) is 1. The first-order chi connectivity index (χ1) is 13.0. The molecule has 0 spiro atoms. The predicted octanol–water partition coefficient (Wildman–Crippen LogP) is 1.35. The van der Waals surface area contributed by atoms with Gasteiger partial charge in [-0.05, 0) is 32.0 Å². The molecule has 1 amide bonds. The van der Waals surface area contributed by atoms with E-state index in [1.165, 1.54) is 0 Å². The van der Waals surface area contributed by atoms with Gasteiger partial charge in [-0.1, -0.05) is 0 Å². The van der Waals surface area contributed by atoms with Gasteiger partial charge in [0, 0.05) is 55.7 Å². The number of carbonyl (C=O) groups is 1. The van der Waals surface area contributed by atoms with E-state index in [-0.39, 0.29) is 31.0 Å². The zero-order chi connectivity index (χ0) is 19.6. The monoisotopic (exact) mass is 376 g/mol. The number of hydrogen-bond donors (Lipinski definition) is 2. The molecule has 27 heavy (non-hydrogen) atoms. The number of likely N-dealkylation sites (tertiary alicyclic amines) is 1. The van der Waals surface area contributed by atoms with Crippen molar-refractivity contribution in [2.24, 2.45) is 11.8 Å². The fraction of sp³-hybridized carbons (Fsp3) is 0.550. The van der Waals surface area contributed by atoms with Gasteiger partial charge < -0.3 is 29.2 Å². The summed E-state index contributed by atoms with van der Waals surface area (Å²) in [5.41, 5.74) is 1.45. The average molecular weight is 376 g/mol. The van der Waals surface area contributed by atoms with Gasteiger partial charge in [-0.2, -0.15) is 0 Å². The fourth-order valence-electron chi connectivity index (χ4n) is 3.86. The molecule has 7 heteroatoms. The Morgan fingerprint density at radius 3 is 2.74 bits per heavy atom. The summed E-state index contributed by atoms with van der Waals surface area (Å²) in [6.07, 6.45) is 0. The van der Waals surface area contributed by atoms with Crippen molar-refractivity contribution in [3.05, 3.63) is 29.5 Å². The minimum absolute atomic E-state index is 0.0277. The van der Waals surface area contributed by atoms with Crippen LogP contribution in [0.2, 0.25) is 0 Å². The lowest BCUT2D eigenvalue weighted by Crippen LogP contribution is -2.33. The number of nitrogens with zero attached hydrogens (tertiary/aromatic N) is 2. The molecule has 2 atom stereocenters. The second kappa shape index (κ2) is 8.29. The third kappa shape index (κ3) is 3.95. The molecule has 0 radical (unpaired) electrons. The highest BCUT2D eigenvalue weighted by Gasteiger charge is 2.37. The lowest BCUT2D eigenvalue weighted by molar-refractivity contribution is 0.0748. The maximum absolute atomic E-state index is 13.1. The molecule has 1 aliphatic heterocycles. The highest BCUT2D eigenvalue weighted by atomic mass is 16.5. The molecule has 1 saturated heterocycles. The smallest absolute Gasteiger partial charge is 0.289 e. The number of carbonyl (C=O) groups excluding carboxylic acids is 1. The Morgan fingerprint density at radius 1 is 1.33 bits per heavy atom. The van der Waals surface area contributed by atoms with Crippen molar-refractivity contribution < 1.29 is 24.2 Å². The zero-order valence-electron chi connectivity index (χ0n) is 16.1. The van der Waals surface area contributed by atoms with Crippen LogP contribution in [0.25, 0.3) is 11.0 Å². The van der Waals surface area contributed by atoms with Crippen molar-refractivity contribution in [1.82, 2.24) is 9.80 Å². The van der Waals surface area contributed by atoms with Crippen molar-refractivity contribution in [3.8, 4) is 5.75 Å². The molecule has 1 aromatic heterocycles. The number of likely N-dealkylation sites (N-methyl/N-ethyl adjacent to an activating group) is 1. The van der Waals surface area contributed by atoms with Crippen LogP contribution < -0.4 is 4.74 Å². The van der Waals surface area contributed by atoms with Gasteiger partial charge in [0.2, 0.25) is 0 Å². The van der Waals surface area contributed by atoms with E-state index in [4.69, 9.17) is 14.3 Å². The third-order valence-corrected chi connectivity index (χ3v) is 5.47. The molecule has 1 fully saturated rings. The van der Waals surface area contributed by atoms with Crippen LogP contribution >= 0.6 is 0 Å². The van der Waals surface area contributed by atoms with Gasteiger partial charge in [-0.25, -0.2) is 0 Å². The minimum Gasteiger partial charge on any atom is -0.497 e.